The van der Waals surface area contributed by atoms with Crippen LogP contribution in [0.15, 0.2) is 36.4 Å². The highest BCUT2D eigenvalue weighted by atomic mass is 32.1. The van der Waals surface area contributed by atoms with Gasteiger partial charge in [-0.25, -0.2) is 0 Å². The van der Waals surface area contributed by atoms with Crippen LogP contribution >= 0.6 is 11.3 Å². The lowest BCUT2D eigenvalue weighted by atomic mass is 9.82. The molecule has 154 valence electrons. The van der Waals surface area contributed by atoms with Gasteiger partial charge in [0.2, 0.25) is 0 Å². The minimum Gasteiger partial charge on any atom is -0.508 e. The second-order valence-electron chi connectivity index (χ2n) is 8.32. The SMILES string of the molecule is O=C(O)CCCC=CC[C@H]1[C@@H]2CC[C@@H](C2)[C@@H]1NC(=O)c1cc2ccc(O)cc2s1. The minimum absolute atomic E-state index is 0.0151. The lowest BCUT2D eigenvalue weighted by molar-refractivity contribution is -0.137. The molecule has 2 fully saturated rings. The number of carboxylic acid groups (broad SMARTS) is 1. The molecule has 6 heteroatoms. The number of benzene rings is 1. The Kier molecular flexibility index (Phi) is 5.90. The number of phenolic OH excluding ortho intramolecular Hbond substituents is 1. The Labute approximate surface area is 174 Å². The van der Waals surface area contributed by atoms with Gasteiger partial charge in [-0.1, -0.05) is 12.2 Å². The Hall–Kier alpha value is -2.34. The number of aliphatic carboxylic acids is 1. The summed E-state index contributed by atoms with van der Waals surface area (Å²) < 4.78 is 0.920. The lowest BCUT2D eigenvalue weighted by Crippen LogP contribution is -2.43. The molecule has 2 aromatic rings. The maximum Gasteiger partial charge on any atom is 0.303 e. The van der Waals surface area contributed by atoms with Crippen molar-refractivity contribution >= 4 is 33.3 Å². The normalized spacial score (nSPS) is 25.8. The van der Waals surface area contributed by atoms with Gasteiger partial charge in [0, 0.05) is 17.2 Å². The van der Waals surface area contributed by atoms with Crippen molar-refractivity contribution < 1.29 is 19.8 Å². The van der Waals surface area contributed by atoms with Crippen LogP contribution < -0.4 is 5.32 Å². The van der Waals surface area contributed by atoms with Crippen molar-refractivity contribution in [2.45, 2.75) is 51.0 Å². The van der Waals surface area contributed by atoms with Gasteiger partial charge in [0.15, 0.2) is 0 Å². The topological polar surface area (TPSA) is 86.6 Å². The van der Waals surface area contributed by atoms with Crippen LogP contribution in [0, 0.1) is 17.8 Å². The van der Waals surface area contributed by atoms with Crippen molar-refractivity contribution in [3.63, 3.8) is 0 Å². The van der Waals surface area contributed by atoms with Crippen LogP contribution in [0.4, 0.5) is 0 Å². The van der Waals surface area contributed by atoms with Crippen LogP contribution in [0.25, 0.3) is 10.1 Å². The summed E-state index contributed by atoms with van der Waals surface area (Å²) in [5, 5.41) is 22.7. The summed E-state index contributed by atoms with van der Waals surface area (Å²) in [4.78, 5) is 24.2. The third-order valence-electron chi connectivity index (χ3n) is 6.45. The van der Waals surface area contributed by atoms with Gasteiger partial charge in [-0.05, 0) is 85.9 Å². The Morgan fingerprint density at radius 3 is 2.83 bits per heavy atom. The average Bonchev–Trinajstić information content (AvgIpc) is 3.39. The first-order chi connectivity index (χ1) is 14.0. The van der Waals surface area contributed by atoms with E-state index in [2.05, 4.69) is 17.5 Å². The summed E-state index contributed by atoms with van der Waals surface area (Å²) in [7, 11) is 0. The molecule has 2 saturated carbocycles. The van der Waals surface area contributed by atoms with E-state index in [1.54, 1.807) is 12.1 Å². The fourth-order valence-corrected chi connectivity index (χ4v) is 6.07. The highest BCUT2D eigenvalue weighted by Gasteiger charge is 2.47. The zero-order valence-electron chi connectivity index (χ0n) is 16.3. The molecule has 0 radical (unpaired) electrons. The van der Waals surface area contributed by atoms with E-state index in [0.29, 0.717) is 29.1 Å². The first-order valence-electron chi connectivity index (χ1n) is 10.4. The maximum absolute atomic E-state index is 12.9. The molecule has 2 aliphatic carbocycles. The van der Waals surface area contributed by atoms with Crippen LogP contribution in [0.2, 0.25) is 0 Å². The summed E-state index contributed by atoms with van der Waals surface area (Å²) in [6.07, 6.45) is 10.5. The number of allylic oxidation sites excluding steroid dienone is 2. The van der Waals surface area contributed by atoms with Gasteiger partial charge in [-0.3, -0.25) is 9.59 Å². The number of carboxylic acids is 1. The zero-order valence-corrected chi connectivity index (χ0v) is 17.2. The molecule has 5 nitrogen and oxygen atoms in total. The van der Waals surface area contributed by atoms with Gasteiger partial charge in [-0.2, -0.15) is 0 Å². The number of amides is 1. The van der Waals surface area contributed by atoms with E-state index >= 15 is 0 Å². The Balaban J connectivity index is 1.38. The Morgan fingerprint density at radius 2 is 2.00 bits per heavy atom. The second-order valence-corrected chi connectivity index (χ2v) is 9.41. The number of aromatic hydroxyl groups is 1. The molecular formula is C23H27NO4S. The number of fused-ring (bicyclic) bond motifs is 3. The average molecular weight is 414 g/mol. The highest BCUT2D eigenvalue weighted by Crippen LogP contribution is 2.50. The minimum atomic E-state index is -0.745. The smallest absolute Gasteiger partial charge is 0.303 e. The number of carbonyl (C=O) groups is 2. The van der Waals surface area contributed by atoms with Gasteiger partial charge >= 0.3 is 5.97 Å². The molecule has 4 atom stereocenters. The summed E-state index contributed by atoms with van der Waals surface area (Å²) in [5.41, 5.74) is 0. The third kappa shape index (κ3) is 4.47. The van der Waals surface area contributed by atoms with Crippen LogP contribution in [-0.4, -0.2) is 28.1 Å². The number of thiophene rings is 1. The van der Waals surface area contributed by atoms with E-state index in [-0.39, 0.29) is 24.1 Å². The van der Waals surface area contributed by atoms with Gasteiger partial charge in [0.25, 0.3) is 5.91 Å². The van der Waals surface area contributed by atoms with Crippen LogP contribution in [0.5, 0.6) is 5.75 Å². The molecule has 0 spiro atoms. The van der Waals surface area contributed by atoms with Crippen molar-refractivity contribution in [3.05, 3.63) is 41.3 Å². The van der Waals surface area contributed by atoms with E-state index < -0.39 is 5.97 Å². The molecule has 1 aromatic heterocycles. The van der Waals surface area contributed by atoms with Crippen LogP contribution in [-0.2, 0) is 4.79 Å². The van der Waals surface area contributed by atoms with Crippen LogP contribution in [0.1, 0.15) is 54.6 Å². The fourth-order valence-electron chi connectivity index (χ4n) is 5.07. The lowest BCUT2D eigenvalue weighted by Gasteiger charge is -2.31. The van der Waals surface area contributed by atoms with Crippen molar-refractivity contribution in [2.24, 2.45) is 17.8 Å². The van der Waals surface area contributed by atoms with E-state index in [1.165, 1.54) is 30.6 Å². The number of hydrogen-bond acceptors (Lipinski definition) is 4. The molecule has 1 heterocycles. The van der Waals surface area contributed by atoms with Crippen molar-refractivity contribution in [3.8, 4) is 5.75 Å². The molecule has 0 saturated heterocycles. The first-order valence-corrected chi connectivity index (χ1v) is 11.2. The molecule has 0 aliphatic heterocycles. The summed E-state index contributed by atoms with van der Waals surface area (Å²) >= 11 is 1.42. The molecule has 1 amide bonds. The summed E-state index contributed by atoms with van der Waals surface area (Å²) in [6.45, 7) is 0. The predicted molar refractivity (Wildman–Crippen MR) is 114 cm³/mol. The molecule has 2 aliphatic rings. The molecule has 1 aromatic carbocycles. The number of phenols is 1. The van der Waals surface area contributed by atoms with E-state index in [0.717, 1.165) is 22.9 Å². The molecule has 29 heavy (non-hydrogen) atoms. The van der Waals surface area contributed by atoms with E-state index in [9.17, 15) is 14.7 Å². The number of nitrogens with one attached hydrogen (secondary N) is 1. The summed E-state index contributed by atoms with van der Waals surface area (Å²) in [5.74, 6) is 1.16. The van der Waals surface area contributed by atoms with Crippen molar-refractivity contribution in [1.29, 1.82) is 0 Å². The van der Waals surface area contributed by atoms with E-state index in [4.69, 9.17) is 5.11 Å². The standard InChI is InChI=1S/C23H27NO4S/c25-17-10-9-15-12-20(29-19(15)13-17)23(28)24-22-16-8-7-14(11-16)18(22)5-3-1-2-4-6-21(26)27/h1,3,9-10,12-14,16,18,22,25H,2,4-8,11H2,(H,24,28)(H,26,27)/t14-,16+,18+,22+/m1/s1. The van der Waals surface area contributed by atoms with E-state index in [1.807, 2.05) is 12.1 Å². The molecule has 2 bridgehead atoms. The molecule has 4 rings (SSSR count). The van der Waals surface area contributed by atoms with Crippen LogP contribution in [0.3, 0.4) is 0 Å². The van der Waals surface area contributed by atoms with Gasteiger partial charge in [0.1, 0.15) is 5.75 Å². The number of rotatable bonds is 8. The van der Waals surface area contributed by atoms with Gasteiger partial charge in [0.05, 0.1) is 4.88 Å². The molecule has 0 unspecified atom stereocenters. The largest absolute Gasteiger partial charge is 0.508 e. The second kappa shape index (κ2) is 8.57. The zero-order chi connectivity index (χ0) is 20.4. The Bertz CT molecular complexity index is 934. The molecule has 3 N–H and O–H groups in total. The first kappa shape index (κ1) is 20.0. The maximum atomic E-state index is 12.9. The number of unbranched alkanes of at least 4 members (excludes halogenated alkanes) is 1. The molecular weight excluding hydrogens is 386 g/mol. The summed E-state index contributed by atoms with van der Waals surface area (Å²) in [6, 6.07) is 7.30. The van der Waals surface area contributed by atoms with Gasteiger partial charge < -0.3 is 15.5 Å². The van der Waals surface area contributed by atoms with Crippen molar-refractivity contribution in [2.75, 3.05) is 0 Å². The Morgan fingerprint density at radius 1 is 1.17 bits per heavy atom. The van der Waals surface area contributed by atoms with Crippen molar-refractivity contribution in [1.82, 2.24) is 5.32 Å². The third-order valence-corrected chi connectivity index (χ3v) is 7.55. The number of hydrogen-bond donors (Lipinski definition) is 3. The highest BCUT2D eigenvalue weighted by molar-refractivity contribution is 7.20. The van der Waals surface area contributed by atoms with Gasteiger partial charge in [-0.15, -0.1) is 11.3 Å². The number of carbonyl (C=O) groups excluding carboxylic acids is 1. The quantitative estimate of drug-likeness (QED) is 0.422. The monoisotopic (exact) mass is 413 g/mol. The fraction of sp³-hybridized carbons (Fsp3) is 0.478. The predicted octanol–water partition coefficient (Wildman–Crippen LogP) is 4.95.